The molecule has 15 aromatic rings. The summed E-state index contributed by atoms with van der Waals surface area (Å²) in [5.41, 5.74) is 18.1. The molecule has 0 saturated heterocycles. The molecule has 0 aliphatic heterocycles. The predicted octanol–water partition coefficient (Wildman–Crippen LogP) is 24.6. The smallest absolute Gasteiger partial charge is 0.119 e. The van der Waals surface area contributed by atoms with E-state index in [1.807, 2.05) is 11.3 Å². The molecule has 18 rings (SSSR count). The van der Waals surface area contributed by atoms with E-state index in [4.69, 9.17) is 18.9 Å². The Morgan fingerprint density at radius 3 is 0.876 bits per heavy atom. The molecule has 0 amide bonds. The van der Waals surface area contributed by atoms with E-state index in [2.05, 4.69) is 299 Å². The van der Waals surface area contributed by atoms with Crippen molar-refractivity contribution in [2.24, 2.45) is 0 Å². The fourth-order valence-corrected chi connectivity index (χ4v) is 19.3. The van der Waals surface area contributed by atoms with Gasteiger partial charge >= 0.3 is 0 Å². The number of methoxy groups -OCH3 is 4. The highest BCUT2D eigenvalue weighted by atomic mass is 32.1. The highest BCUT2D eigenvalue weighted by Crippen LogP contribution is 2.66. The number of hydrogen-bond donors (Lipinski definition) is 0. The highest BCUT2D eigenvalue weighted by Gasteiger charge is 2.53. The molecule has 0 unspecified atom stereocenters. The molecular weight excluding hydrogens is 1270 g/mol. The molecule has 4 aromatic heterocycles. The van der Waals surface area contributed by atoms with Gasteiger partial charge in [0.25, 0.3) is 0 Å². The van der Waals surface area contributed by atoms with Gasteiger partial charge in [-0.1, -0.05) is 91.0 Å². The van der Waals surface area contributed by atoms with E-state index in [0.717, 1.165) is 101 Å². The van der Waals surface area contributed by atoms with Crippen LogP contribution in [-0.2, 0) is 11.8 Å². The molecule has 8 nitrogen and oxygen atoms in total. The van der Waals surface area contributed by atoms with Gasteiger partial charge in [0.15, 0.2) is 0 Å². The summed E-state index contributed by atoms with van der Waals surface area (Å²) in [5.74, 6) is 3.20. The molecule has 3 aliphatic carbocycles. The van der Waals surface area contributed by atoms with E-state index in [-0.39, 0.29) is 0 Å². The van der Waals surface area contributed by atoms with Gasteiger partial charge in [-0.25, -0.2) is 0 Å². The van der Waals surface area contributed by atoms with Crippen LogP contribution in [0.2, 0.25) is 0 Å². The SMILES string of the molecule is COc1ccc(N(c2ccc3c(c2)C2(c4cc(N(c5ccc(OC)cc5)c5cc6ccccc6s5)ccc4-3)c3cc(N(c4ccc(OC)cc4)c4cc5ccccc5s4)ccc3-c3ccc(N(c4ccc(OC)cc4)c4cc5ccccc5s4)cc32)c2cc3c(s2)CCC=C3)cc1. The average molecular weight is 1330 g/mol. The minimum absolute atomic E-state index is 0.798. The maximum atomic E-state index is 5.83. The Bertz CT molecular complexity index is 5110. The largest absolute Gasteiger partial charge is 0.497 e. The number of allylic oxidation sites excluding steroid dienone is 1. The molecular formula is C85H62N4O4S4. The quantitative estimate of drug-likeness (QED) is 0.0949. The molecule has 97 heavy (non-hydrogen) atoms. The summed E-state index contributed by atoms with van der Waals surface area (Å²) >= 11 is 7.29. The monoisotopic (exact) mass is 1330 g/mol. The van der Waals surface area contributed by atoms with Crippen LogP contribution in [0, 0.1) is 0 Å². The average Bonchev–Trinajstić information content (AvgIpc) is 1.50. The van der Waals surface area contributed by atoms with Crippen LogP contribution < -0.4 is 38.5 Å². The summed E-state index contributed by atoms with van der Waals surface area (Å²) in [4.78, 5) is 11.2. The lowest BCUT2D eigenvalue weighted by molar-refractivity contribution is 0.414. The van der Waals surface area contributed by atoms with Crippen LogP contribution in [0.25, 0.3) is 58.6 Å². The zero-order chi connectivity index (χ0) is 64.9. The number of thiophene rings is 4. The van der Waals surface area contributed by atoms with Crippen molar-refractivity contribution in [2.75, 3.05) is 48.0 Å². The Morgan fingerprint density at radius 1 is 0.299 bits per heavy atom. The maximum absolute atomic E-state index is 5.83. The van der Waals surface area contributed by atoms with Crippen LogP contribution in [0.3, 0.4) is 0 Å². The van der Waals surface area contributed by atoms with Crippen LogP contribution in [0.1, 0.15) is 39.1 Å². The summed E-state index contributed by atoms with van der Waals surface area (Å²) in [5, 5.41) is 8.06. The number of hydrogen-bond acceptors (Lipinski definition) is 12. The van der Waals surface area contributed by atoms with Crippen molar-refractivity contribution in [2.45, 2.75) is 18.3 Å². The maximum Gasteiger partial charge on any atom is 0.119 e. The minimum Gasteiger partial charge on any atom is -0.497 e. The van der Waals surface area contributed by atoms with Crippen molar-refractivity contribution in [1.29, 1.82) is 0 Å². The number of anilines is 12. The Labute approximate surface area is 579 Å². The van der Waals surface area contributed by atoms with Crippen LogP contribution in [-0.4, -0.2) is 28.4 Å². The predicted molar refractivity (Wildman–Crippen MR) is 409 cm³/mol. The van der Waals surface area contributed by atoms with Gasteiger partial charge in [0.2, 0.25) is 0 Å². The van der Waals surface area contributed by atoms with E-state index in [0.29, 0.717) is 0 Å². The van der Waals surface area contributed by atoms with Crippen molar-refractivity contribution in [1.82, 2.24) is 0 Å². The van der Waals surface area contributed by atoms with Crippen LogP contribution in [0.4, 0.5) is 65.5 Å². The third-order valence-corrected chi connectivity index (χ3v) is 23.8. The Balaban J connectivity index is 0.948. The number of benzene rings is 11. The first-order chi connectivity index (χ1) is 47.8. The van der Waals surface area contributed by atoms with Crippen LogP contribution in [0.15, 0.2) is 273 Å². The molecule has 470 valence electrons. The topological polar surface area (TPSA) is 49.9 Å². The normalized spacial score (nSPS) is 12.9. The van der Waals surface area contributed by atoms with E-state index in [1.165, 1.54) is 85.2 Å². The zero-order valence-corrected chi connectivity index (χ0v) is 56.8. The van der Waals surface area contributed by atoms with Crippen molar-refractivity contribution in [3.63, 3.8) is 0 Å². The molecule has 0 radical (unpaired) electrons. The molecule has 4 heterocycles. The van der Waals surface area contributed by atoms with Gasteiger partial charge in [0.1, 0.15) is 43.0 Å². The molecule has 11 aromatic carbocycles. The third kappa shape index (κ3) is 9.79. The van der Waals surface area contributed by atoms with Crippen molar-refractivity contribution in [3.8, 4) is 45.3 Å². The standard InChI is InChI=1S/C85H62N4O4S4/c1-90-65-33-21-57(22-34-65)86(81-45-53-13-5-9-17-77(53)94-81)61-29-41-69-70-42-30-62(87(58-23-35-66(91-2)36-24-58)82-46-54-14-6-10-18-78(54)95-82)50-74(70)85(73(69)49-61)75-51-63(88(59-25-37-67(92-3)38-26-59)83-47-55-15-7-11-19-79(55)96-83)31-43-71(75)72-44-32-64(52-76(72)85)89(60-27-39-68(93-4)40-28-60)84-48-56-16-8-12-20-80(56)97-84/h5-11,13-19,21-52H,12,20H2,1-4H3. The molecule has 0 atom stereocenters. The molecule has 0 bridgehead atoms. The molecule has 0 fully saturated rings. The van der Waals surface area contributed by atoms with E-state index in [1.54, 1.807) is 62.4 Å². The lowest BCUT2D eigenvalue weighted by Crippen LogP contribution is -2.27. The van der Waals surface area contributed by atoms with Crippen molar-refractivity contribution in [3.05, 3.63) is 306 Å². The summed E-state index contributed by atoms with van der Waals surface area (Å²) in [6.07, 6.45) is 6.64. The number of nitrogens with zero attached hydrogens (tertiary/aromatic N) is 4. The first-order valence-electron chi connectivity index (χ1n) is 32.4. The lowest BCUT2D eigenvalue weighted by Gasteiger charge is -2.34. The second-order valence-electron chi connectivity index (χ2n) is 24.6. The van der Waals surface area contributed by atoms with Gasteiger partial charge in [0, 0.05) is 64.5 Å². The van der Waals surface area contributed by atoms with E-state index >= 15 is 0 Å². The second kappa shape index (κ2) is 23.8. The molecule has 0 N–H and O–H groups in total. The van der Waals surface area contributed by atoms with Gasteiger partial charge in [-0.3, -0.25) is 0 Å². The fourth-order valence-electron chi connectivity index (χ4n) is 14.8. The summed E-state index contributed by atoms with van der Waals surface area (Å²) in [7, 11) is 6.93. The molecule has 12 heteroatoms. The van der Waals surface area contributed by atoms with Gasteiger partial charge in [0.05, 0.1) is 33.9 Å². The Hall–Kier alpha value is -10.9. The van der Waals surface area contributed by atoms with E-state index in [9.17, 15) is 0 Å². The van der Waals surface area contributed by atoms with Crippen LogP contribution >= 0.6 is 45.3 Å². The summed E-state index contributed by atoms with van der Waals surface area (Å²) in [6, 6.07) is 98.6. The van der Waals surface area contributed by atoms with Gasteiger partial charge in [-0.15, -0.1) is 45.3 Å². The third-order valence-electron chi connectivity index (χ3n) is 19.3. The second-order valence-corrected chi connectivity index (χ2v) is 28.9. The highest BCUT2D eigenvalue weighted by molar-refractivity contribution is 7.23. The van der Waals surface area contributed by atoms with Gasteiger partial charge in [-0.2, -0.15) is 0 Å². The van der Waals surface area contributed by atoms with Gasteiger partial charge in [-0.05, 0) is 267 Å². The fraction of sp³-hybridized carbons (Fsp3) is 0.0824. The summed E-state index contributed by atoms with van der Waals surface area (Å²) < 4.78 is 27.0. The van der Waals surface area contributed by atoms with E-state index < -0.39 is 5.41 Å². The molecule has 1 spiro atoms. The summed E-state index contributed by atoms with van der Waals surface area (Å²) in [6.45, 7) is 0. The first-order valence-corrected chi connectivity index (χ1v) is 35.7. The Morgan fingerprint density at radius 2 is 0.588 bits per heavy atom. The number of rotatable bonds is 16. The zero-order valence-electron chi connectivity index (χ0n) is 53.5. The number of ether oxygens (including phenoxy) is 4. The number of aryl methyl sites for hydroxylation is 1. The van der Waals surface area contributed by atoms with Gasteiger partial charge < -0.3 is 38.5 Å². The first kappa shape index (κ1) is 58.7. The Kier molecular flexibility index (Phi) is 14.4. The molecule has 0 saturated carbocycles. The van der Waals surface area contributed by atoms with Crippen molar-refractivity contribution < 1.29 is 18.9 Å². The molecule has 3 aliphatic rings. The van der Waals surface area contributed by atoms with Crippen LogP contribution in [0.5, 0.6) is 23.0 Å². The van der Waals surface area contributed by atoms with Crippen molar-refractivity contribution >= 4 is 147 Å². The lowest BCUT2D eigenvalue weighted by atomic mass is 9.70. The number of fused-ring (bicyclic) bond motifs is 14. The minimum atomic E-state index is -0.945.